The smallest absolute Gasteiger partial charge is 0.0116 e. The van der Waals surface area contributed by atoms with Crippen molar-refractivity contribution in [1.29, 1.82) is 0 Å². The van der Waals surface area contributed by atoms with Crippen LogP contribution in [-0.4, -0.2) is 29.1 Å². The molecule has 0 amide bonds. The maximum Gasteiger partial charge on any atom is 0.0116 e. The average Bonchev–Trinajstić information content (AvgIpc) is 2.24. The summed E-state index contributed by atoms with van der Waals surface area (Å²) < 4.78 is 0. The van der Waals surface area contributed by atoms with E-state index in [0.29, 0.717) is 6.04 Å². The molecule has 2 aliphatic heterocycles. The van der Waals surface area contributed by atoms with Gasteiger partial charge in [0.05, 0.1) is 0 Å². The van der Waals surface area contributed by atoms with Gasteiger partial charge in [-0.15, -0.1) is 24.8 Å². The van der Waals surface area contributed by atoms with E-state index in [1.165, 1.54) is 25.7 Å². The highest BCUT2D eigenvalue weighted by Crippen LogP contribution is 2.36. The molecule has 2 saturated heterocycles. The van der Waals surface area contributed by atoms with Crippen LogP contribution < -0.4 is 5.73 Å². The lowest BCUT2D eigenvalue weighted by Gasteiger charge is -2.40. The van der Waals surface area contributed by atoms with Crippen LogP contribution in [0, 0.1) is 0 Å². The first-order chi connectivity index (χ1) is 5.68. The minimum atomic E-state index is 0. The monoisotopic (exact) mass is 240 g/mol. The molecule has 0 aromatic heterocycles. The Hall–Kier alpha value is 0.500. The molecule has 86 valence electrons. The fourth-order valence-electron chi connectivity index (χ4n) is 3.10. The van der Waals surface area contributed by atoms with Crippen molar-refractivity contribution in [3.8, 4) is 0 Å². The number of nitrogens with two attached hydrogens (primary N) is 1. The Kier molecular flexibility index (Phi) is 5.75. The molecule has 0 spiro atoms. The zero-order valence-corrected chi connectivity index (χ0v) is 10.6. The standard InChI is InChI=1S/C10H20N2.2ClH/c1-7(2)12-9-3-4-10(12)6-8(11)5-9;;/h7-10H,3-6,11H2,1-2H3;2*1H. The Morgan fingerprint density at radius 2 is 1.50 bits per heavy atom. The lowest BCUT2D eigenvalue weighted by molar-refractivity contribution is 0.0938. The van der Waals surface area contributed by atoms with Crippen LogP contribution in [0.25, 0.3) is 0 Å². The third-order valence-electron chi connectivity index (χ3n) is 3.42. The van der Waals surface area contributed by atoms with E-state index in [9.17, 15) is 0 Å². The van der Waals surface area contributed by atoms with Crippen LogP contribution in [0.5, 0.6) is 0 Å². The Labute approximate surface area is 99.4 Å². The van der Waals surface area contributed by atoms with E-state index in [1.807, 2.05) is 0 Å². The van der Waals surface area contributed by atoms with Gasteiger partial charge in [-0.1, -0.05) is 0 Å². The molecule has 2 heterocycles. The van der Waals surface area contributed by atoms with Gasteiger partial charge in [0, 0.05) is 24.2 Å². The maximum absolute atomic E-state index is 5.99. The number of nitrogens with zero attached hydrogens (tertiary/aromatic N) is 1. The van der Waals surface area contributed by atoms with E-state index in [1.54, 1.807) is 0 Å². The van der Waals surface area contributed by atoms with Crippen LogP contribution >= 0.6 is 24.8 Å². The zero-order valence-electron chi connectivity index (χ0n) is 8.98. The molecule has 2 fully saturated rings. The second-order valence-electron chi connectivity index (χ2n) is 4.66. The van der Waals surface area contributed by atoms with Gasteiger partial charge in [-0.2, -0.15) is 0 Å². The van der Waals surface area contributed by atoms with E-state index in [0.717, 1.165) is 18.1 Å². The summed E-state index contributed by atoms with van der Waals surface area (Å²) in [6.07, 6.45) is 5.23. The first-order valence-electron chi connectivity index (χ1n) is 5.21. The molecule has 2 N–H and O–H groups in total. The van der Waals surface area contributed by atoms with Gasteiger partial charge in [0.1, 0.15) is 0 Å². The van der Waals surface area contributed by atoms with Crippen molar-refractivity contribution in [3.63, 3.8) is 0 Å². The van der Waals surface area contributed by atoms with Crippen molar-refractivity contribution < 1.29 is 0 Å². The summed E-state index contributed by atoms with van der Waals surface area (Å²) in [5.74, 6) is 0. The number of hydrogen-bond donors (Lipinski definition) is 1. The number of piperidine rings is 1. The summed E-state index contributed by atoms with van der Waals surface area (Å²) in [6.45, 7) is 4.62. The molecular formula is C10H22Cl2N2. The summed E-state index contributed by atoms with van der Waals surface area (Å²) in [4.78, 5) is 2.68. The topological polar surface area (TPSA) is 29.3 Å². The van der Waals surface area contributed by atoms with Gasteiger partial charge < -0.3 is 5.73 Å². The van der Waals surface area contributed by atoms with Gasteiger partial charge >= 0.3 is 0 Å². The predicted octanol–water partition coefficient (Wildman–Crippen LogP) is 2.19. The third-order valence-corrected chi connectivity index (χ3v) is 3.42. The fourth-order valence-corrected chi connectivity index (χ4v) is 3.10. The lowest BCUT2D eigenvalue weighted by Crippen LogP contribution is -2.50. The molecule has 4 heteroatoms. The summed E-state index contributed by atoms with van der Waals surface area (Å²) in [6, 6.07) is 2.81. The van der Waals surface area contributed by atoms with Crippen LogP contribution in [0.2, 0.25) is 0 Å². The van der Waals surface area contributed by atoms with E-state index in [-0.39, 0.29) is 24.8 Å². The van der Waals surface area contributed by atoms with Gasteiger partial charge in [0.25, 0.3) is 0 Å². The molecule has 2 atom stereocenters. The van der Waals surface area contributed by atoms with Gasteiger partial charge in [-0.3, -0.25) is 4.90 Å². The van der Waals surface area contributed by atoms with Crippen molar-refractivity contribution >= 4 is 24.8 Å². The minimum Gasteiger partial charge on any atom is -0.328 e. The van der Waals surface area contributed by atoms with E-state index >= 15 is 0 Å². The van der Waals surface area contributed by atoms with Crippen molar-refractivity contribution in [2.24, 2.45) is 5.73 Å². The van der Waals surface area contributed by atoms with Crippen molar-refractivity contribution in [1.82, 2.24) is 4.90 Å². The highest BCUT2D eigenvalue weighted by molar-refractivity contribution is 5.85. The van der Waals surface area contributed by atoms with Crippen LogP contribution in [0.15, 0.2) is 0 Å². The van der Waals surface area contributed by atoms with E-state index in [2.05, 4.69) is 18.7 Å². The Morgan fingerprint density at radius 1 is 1.07 bits per heavy atom. The second kappa shape index (κ2) is 5.55. The number of fused-ring (bicyclic) bond motifs is 2. The van der Waals surface area contributed by atoms with Crippen LogP contribution in [0.4, 0.5) is 0 Å². The Morgan fingerprint density at radius 3 is 1.86 bits per heavy atom. The summed E-state index contributed by atoms with van der Waals surface area (Å²) in [5, 5.41) is 0. The lowest BCUT2D eigenvalue weighted by atomic mass is 9.97. The average molecular weight is 241 g/mol. The molecule has 2 aliphatic rings. The van der Waals surface area contributed by atoms with Crippen molar-refractivity contribution in [2.75, 3.05) is 0 Å². The molecule has 0 aliphatic carbocycles. The summed E-state index contributed by atoms with van der Waals surface area (Å²) >= 11 is 0. The predicted molar refractivity (Wildman–Crippen MR) is 65.5 cm³/mol. The molecular weight excluding hydrogens is 219 g/mol. The van der Waals surface area contributed by atoms with E-state index in [4.69, 9.17) is 5.73 Å². The molecule has 0 saturated carbocycles. The first kappa shape index (κ1) is 14.5. The number of rotatable bonds is 1. The first-order valence-corrected chi connectivity index (χ1v) is 5.21. The maximum atomic E-state index is 5.99. The van der Waals surface area contributed by atoms with E-state index < -0.39 is 0 Å². The fraction of sp³-hybridized carbons (Fsp3) is 1.00. The number of hydrogen-bond acceptors (Lipinski definition) is 2. The van der Waals surface area contributed by atoms with Crippen LogP contribution in [0.3, 0.4) is 0 Å². The van der Waals surface area contributed by atoms with Gasteiger partial charge in [-0.25, -0.2) is 0 Å². The van der Waals surface area contributed by atoms with Gasteiger partial charge in [0.15, 0.2) is 0 Å². The third kappa shape index (κ3) is 2.54. The molecule has 14 heavy (non-hydrogen) atoms. The molecule has 2 nitrogen and oxygen atoms in total. The van der Waals surface area contributed by atoms with Gasteiger partial charge in [-0.05, 0) is 39.5 Å². The zero-order chi connectivity index (χ0) is 8.72. The van der Waals surface area contributed by atoms with Crippen LogP contribution in [0.1, 0.15) is 39.5 Å². The van der Waals surface area contributed by atoms with Crippen LogP contribution in [-0.2, 0) is 0 Å². The summed E-state index contributed by atoms with van der Waals surface area (Å²) in [5.41, 5.74) is 5.99. The van der Waals surface area contributed by atoms with Crippen molar-refractivity contribution in [3.05, 3.63) is 0 Å². The second-order valence-corrected chi connectivity index (χ2v) is 4.66. The molecule has 2 rings (SSSR count). The molecule has 2 bridgehead atoms. The SMILES string of the molecule is CC(C)N1C2CCC1CC(N)C2.Cl.Cl. The summed E-state index contributed by atoms with van der Waals surface area (Å²) in [7, 11) is 0. The number of halogens is 2. The molecule has 0 aromatic rings. The normalized spacial score (nSPS) is 36.4. The molecule has 0 aromatic carbocycles. The van der Waals surface area contributed by atoms with Crippen molar-refractivity contribution in [2.45, 2.75) is 63.7 Å². The highest BCUT2D eigenvalue weighted by Gasteiger charge is 2.40. The van der Waals surface area contributed by atoms with Gasteiger partial charge in [0.2, 0.25) is 0 Å². The Bertz CT molecular complexity index is 162. The quantitative estimate of drug-likeness (QED) is 0.762. The minimum absolute atomic E-state index is 0. The highest BCUT2D eigenvalue weighted by atomic mass is 35.5. The Balaban J connectivity index is 0.000000845. The molecule has 2 unspecified atom stereocenters. The molecule has 0 radical (unpaired) electrons. The largest absolute Gasteiger partial charge is 0.328 e.